The Labute approximate surface area is 121 Å². The van der Waals surface area contributed by atoms with Gasteiger partial charge >= 0.3 is 5.97 Å². The van der Waals surface area contributed by atoms with Crippen molar-refractivity contribution < 1.29 is 14.5 Å². The molecule has 1 unspecified atom stereocenters. The maximum absolute atomic E-state index is 11.1. The standard InChI is InChI=1S/C13H18N2O4S/c1-19-13(16)12(14)7-9-20-8-6-10-2-4-11(5-3-10)15(17)18/h2-5,12H,6-9,14H2,1H3. The van der Waals surface area contributed by atoms with Crippen molar-refractivity contribution in [1.82, 2.24) is 0 Å². The molecule has 0 spiro atoms. The lowest BCUT2D eigenvalue weighted by Crippen LogP contribution is -2.32. The van der Waals surface area contributed by atoms with Crippen LogP contribution in [0.4, 0.5) is 5.69 Å². The van der Waals surface area contributed by atoms with Crippen molar-refractivity contribution in [2.45, 2.75) is 18.9 Å². The number of nitrogens with two attached hydrogens (primary N) is 1. The highest BCUT2D eigenvalue weighted by molar-refractivity contribution is 7.99. The summed E-state index contributed by atoms with van der Waals surface area (Å²) in [4.78, 5) is 21.2. The van der Waals surface area contributed by atoms with Crippen molar-refractivity contribution in [3.63, 3.8) is 0 Å². The predicted molar refractivity (Wildman–Crippen MR) is 78.7 cm³/mol. The van der Waals surface area contributed by atoms with Gasteiger partial charge in [0.25, 0.3) is 5.69 Å². The Morgan fingerprint density at radius 3 is 2.60 bits per heavy atom. The maximum atomic E-state index is 11.1. The number of nitro groups is 1. The molecule has 0 radical (unpaired) electrons. The summed E-state index contributed by atoms with van der Waals surface area (Å²) in [5.74, 6) is 1.27. The molecular weight excluding hydrogens is 280 g/mol. The highest BCUT2D eigenvalue weighted by Gasteiger charge is 2.12. The number of ether oxygens (including phenoxy) is 1. The van der Waals surface area contributed by atoms with E-state index >= 15 is 0 Å². The van der Waals surface area contributed by atoms with Gasteiger partial charge in [-0.2, -0.15) is 11.8 Å². The topological polar surface area (TPSA) is 95.5 Å². The molecule has 0 saturated carbocycles. The summed E-state index contributed by atoms with van der Waals surface area (Å²) < 4.78 is 4.54. The summed E-state index contributed by atoms with van der Waals surface area (Å²) in [6.45, 7) is 0. The predicted octanol–water partition coefficient (Wildman–Crippen LogP) is 1.76. The first kappa shape index (κ1) is 16.5. The molecule has 0 bridgehead atoms. The van der Waals surface area contributed by atoms with Crippen LogP contribution in [0, 0.1) is 10.1 Å². The van der Waals surface area contributed by atoms with Crippen molar-refractivity contribution in [2.75, 3.05) is 18.6 Å². The number of non-ortho nitro benzene ring substituents is 1. The van der Waals surface area contributed by atoms with E-state index in [2.05, 4.69) is 4.74 Å². The Kier molecular flexibility index (Phi) is 7.03. The molecule has 6 nitrogen and oxygen atoms in total. The summed E-state index contributed by atoms with van der Waals surface area (Å²) >= 11 is 1.69. The van der Waals surface area contributed by atoms with Gasteiger partial charge < -0.3 is 10.5 Å². The molecule has 1 atom stereocenters. The average Bonchev–Trinajstić information content (AvgIpc) is 2.46. The van der Waals surface area contributed by atoms with Crippen LogP contribution in [-0.4, -0.2) is 35.5 Å². The molecule has 7 heteroatoms. The minimum Gasteiger partial charge on any atom is -0.468 e. The lowest BCUT2D eigenvalue weighted by atomic mass is 10.1. The van der Waals surface area contributed by atoms with Crippen LogP contribution < -0.4 is 5.73 Å². The number of thioether (sulfide) groups is 1. The minimum atomic E-state index is -0.563. The second kappa shape index (κ2) is 8.55. The number of benzene rings is 1. The fourth-order valence-corrected chi connectivity index (χ4v) is 2.56. The zero-order valence-corrected chi connectivity index (χ0v) is 12.1. The first-order valence-electron chi connectivity index (χ1n) is 6.19. The number of esters is 1. The zero-order valence-electron chi connectivity index (χ0n) is 11.3. The van der Waals surface area contributed by atoms with E-state index in [0.29, 0.717) is 6.42 Å². The monoisotopic (exact) mass is 298 g/mol. The van der Waals surface area contributed by atoms with Gasteiger partial charge in [-0.05, 0) is 29.9 Å². The quantitative estimate of drug-likeness (QED) is 0.340. The second-order valence-electron chi connectivity index (χ2n) is 4.20. The van der Waals surface area contributed by atoms with Crippen LogP contribution in [0.1, 0.15) is 12.0 Å². The Morgan fingerprint density at radius 2 is 2.05 bits per heavy atom. The molecule has 0 heterocycles. The summed E-state index contributed by atoms with van der Waals surface area (Å²) in [7, 11) is 1.32. The number of hydrogen-bond donors (Lipinski definition) is 1. The number of hydrogen-bond acceptors (Lipinski definition) is 6. The van der Waals surface area contributed by atoms with Gasteiger partial charge in [0, 0.05) is 12.1 Å². The van der Waals surface area contributed by atoms with Crippen LogP contribution in [0.25, 0.3) is 0 Å². The van der Waals surface area contributed by atoms with E-state index in [9.17, 15) is 14.9 Å². The molecule has 1 aromatic carbocycles. The molecule has 0 aliphatic heterocycles. The van der Waals surface area contributed by atoms with Crippen molar-refractivity contribution in [1.29, 1.82) is 0 Å². The number of carbonyl (C=O) groups excluding carboxylic acids is 1. The molecule has 1 rings (SSSR count). The van der Waals surface area contributed by atoms with Gasteiger partial charge in [0.05, 0.1) is 12.0 Å². The lowest BCUT2D eigenvalue weighted by Gasteiger charge is -2.08. The van der Waals surface area contributed by atoms with Crippen LogP contribution in [0.2, 0.25) is 0 Å². The van der Waals surface area contributed by atoms with Crippen molar-refractivity contribution in [3.05, 3.63) is 39.9 Å². The van der Waals surface area contributed by atoms with E-state index in [4.69, 9.17) is 5.73 Å². The smallest absolute Gasteiger partial charge is 0.322 e. The highest BCUT2D eigenvalue weighted by atomic mass is 32.2. The third kappa shape index (κ3) is 5.58. The summed E-state index contributed by atoms with van der Waals surface area (Å²) in [6, 6.07) is 5.98. The van der Waals surface area contributed by atoms with E-state index in [-0.39, 0.29) is 11.7 Å². The van der Waals surface area contributed by atoms with Crippen LogP contribution in [0.5, 0.6) is 0 Å². The third-order valence-corrected chi connectivity index (χ3v) is 3.78. The second-order valence-corrected chi connectivity index (χ2v) is 5.43. The van der Waals surface area contributed by atoms with Gasteiger partial charge in [-0.3, -0.25) is 14.9 Å². The van der Waals surface area contributed by atoms with Crippen molar-refractivity contribution >= 4 is 23.4 Å². The molecule has 110 valence electrons. The first-order valence-corrected chi connectivity index (χ1v) is 7.34. The summed E-state index contributed by atoms with van der Waals surface area (Å²) in [5.41, 5.74) is 6.77. The van der Waals surface area contributed by atoms with Crippen LogP contribution in [0.15, 0.2) is 24.3 Å². The fraction of sp³-hybridized carbons (Fsp3) is 0.462. The SMILES string of the molecule is COC(=O)C(N)CCSCCc1ccc([N+](=O)[O-])cc1. The Balaban J connectivity index is 2.21. The van der Waals surface area contributed by atoms with E-state index in [1.807, 2.05) is 0 Å². The van der Waals surface area contributed by atoms with Gasteiger partial charge in [-0.1, -0.05) is 12.1 Å². The normalized spacial score (nSPS) is 11.9. The Hall–Kier alpha value is -1.60. The lowest BCUT2D eigenvalue weighted by molar-refractivity contribution is -0.384. The molecule has 0 aromatic heterocycles. The van der Waals surface area contributed by atoms with E-state index < -0.39 is 11.0 Å². The molecule has 0 aliphatic rings. The molecule has 0 fully saturated rings. The highest BCUT2D eigenvalue weighted by Crippen LogP contribution is 2.14. The zero-order chi connectivity index (χ0) is 15.0. The van der Waals surface area contributed by atoms with Gasteiger partial charge in [-0.15, -0.1) is 0 Å². The molecule has 2 N–H and O–H groups in total. The summed E-state index contributed by atoms with van der Waals surface area (Å²) in [6.07, 6.45) is 1.41. The van der Waals surface area contributed by atoms with Gasteiger partial charge in [0.15, 0.2) is 0 Å². The Morgan fingerprint density at radius 1 is 1.40 bits per heavy atom. The van der Waals surface area contributed by atoms with Gasteiger partial charge in [-0.25, -0.2) is 0 Å². The molecule has 0 amide bonds. The number of nitro benzene ring substituents is 1. The number of nitrogens with zero attached hydrogens (tertiary/aromatic N) is 1. The number of carbonyl (C=O) groups is 1. The largest absolute Gasteiger partial charge is 0.468 e. The van der Waals surface area contributed by atoms with E-state index in [0.717, 1.165) is 23.5 Å². The Bertz CT molecular complexity index is 450. The number of rotatable bonds is 8. The van der Waals surface area contributed by atoms with E-state index in [1.54, 1.807) is 23.9 Å². The minimum absolute atomic E-state index is 0.102. The van der Waals surface area contributed by atoms with Crippen LogP contribution in [-0.2, 0) is 16.0 Å². The van der Waals surface area contributed by atoms with Crippen LogP contribution in [0.3, 0.4) is 0 Å². The fourth-order valence-electron chi connectivity index (χ4n) is 1.56. The molecule has 1 aromatic rings. The van der Waals surface area contributed by atoms with Gasteiger partial charge in [0.1, 0.15) is 6.04 Å². The average molecular weight is 298 g/mol. The van der Waals surface area contributed by atoms with Crippen molar-refractivity contribution in [3.8, 4) is 0 Å². The summed E-state index contributed by atoms with van der Waals surface area (Å²) in [5, 5.41) is 10.5. The number of methoxy groups -OCH3 is 1. The van der Waals surface area contributed by atoms with Crippen LogP contribution >= 0.6 is 11.8 Å². The third-order valence-electron chi connectivity index (χ3n) is 2.76. The van der Waals surface area contributed by atoms with Crippen molar-refractivity contribution in [2.24, 2.45) is 5.73 Å². The van der Waals surface area contributed by atoms with Gasteiger partial charge in [0.2, 0.25) is 0 Å². The molecule has 0 aliphatic carbocycles. The maximum Gasteiger partial charge on any atom is 0.322 e. The van der Waals surface area contributed by atoms with E-state index in [1.165, 1.54) is 19.2 Å². The number of aryl methyl sites for hydroxylation is 1. The molecule has 20 heavy (non-hydrogen) atoms. The molecule has 0 saturated heterocycles. The first-order chi connectivity index (χ1) is 9.54. The molecular formula is C13H18N2O4S.